The summed E-state index contributed by atoms with van der Waals surface area (Å²) in [4.78, 5) is 14.6. The van der Waals surface area contributed by atoms with E-state index in [9.17, 15) is 4.79 Å². The van der Waals surface area contributed by atoms with Crippen LogP contribution in [0.25, 0.3) is 6.08 Å². The van der Waals surface area contributed by atoms with E-state index < -0.39 is 0 Å². The lowest BCUT2D eigenvalue weighted by Gasteiger charge is -2.04. The number of hydrogen-bond donors (Lipinski definition) is 2. The van der Waals surface area contributed by atoms with Gasteiger partial charge in [0.2, 0.25) is 5.91 Å². The number of H-pyrrole nitrogens is 1. The van der Waals surface area contributed by atoms with Crippen LogP contribution in [0.2, 0.25) is 0 Å². The first kappa shape index (κ1) is 11.2. The van der Waals surface area contributed by atoms with Gasteiger partial charge in [0.05, 0.1) is 6.42 Å². The van der Waals surface area contributed by atoms with Gasteiger partial charge in [-0.25, -0.2) is 0 Å². The molecule has 3 nitrogen and oxygen atoms in total. The van der Waals surface area contributed by atoms with Crippen LogP contribution < -0.4 is 5.32 Å². The molecule has 2 aromatic rings. The Kier molecular flexibility index (Phi) is 3.40. The van der Waals surface area contributed by atoms with Crippen LogP contribution in [-0.2, 0) is 11.2 Å². The Hall–Kier alpha value is -2.29. The number of benzene rings is 1. The van der Waals surface area contributed by atoms with Gasteiger partial charge in [-0.05, 0) is 29.3 Å². The molecule has 86 valence electrons. The summed E-state index contributed by atoms with van der Waals surface area (Å²) < 4.78 is 0. The van der Waals surface area contributed by atoms with E-state index in [2.05, 4.69) is 16.9 Å². The van der Waals surface area contributed by atoms with E-state index >= 15 is 0 Å². The fourth-order valence-corrected chi connectivity index (χ4v) is 1.56. The highest BCUT2D eigenvalue weighted by molar-refractivity contribution is 5.92. The molecule has 2 rings (SSSR count). The molecule has 0 atom stereocenters. The number of carbonyl (C=O) groups is 1. The molecule has 0 radical (unpaired) electrons. The number of aromatic amines is 1. The van der Waals surface area contributed by atoms with E-state index in [1.165, 1.54) is 0 Å². The average molecular weight is 226 g/mol. The fraction of sp³-hybridized carbons (Fsp3) is 0.0714. The third-order valence-electron chi connectivity index (χ3n) is 2.46. The summed E-state index contributed by atoms with van der Waals surface area (Å²) in [6, 6.07) is 9.45. The van der Waals surface area contributed by atoms with Crippen LogP contribution in [0.3, 0.4) is 0 Å². The molecule has 0 aliphatic rings. The van der Waals surface area contributed by atoms with Crippen molar-refractivity contribution >= 4 is 17.7 Å². The van der Waals surface area contributed by atoms with Gasteiger partial charge in [-0.2, -0.15) is 0 Å². The molecule has 0 fully saturated rings. The highest BCUT2D eigenvalue weighted by Crippen LogP contribution is 2.11. The summed E-state index contributed by atoms with van der Waals surface area (Å²) in [6.07, 6.45) is 5.78. The Balaban J connectivity index is 1.95. The van der Waals surface area contributed by atoms with Gasteiger partial charge in [0.25, 0.3) is 0 Å². The molecule has 1 aromatic carbocycles. The van der Waals surface area contributed by atoms with Crippen LogP contribution in [0.15, 0.2) is 49.3 Å². The quantitative estimate of drug-likeness (QED) is 0.827. The molecule has 1 amide bonds. The standard InChI is InChI=1S/C14H14N2O/c1-2-11-3-5-13(6-4-11)16-14(17)9-12-7-8-15-10-12/h2-8,10,15H,1,9H2,(H,16,17). The van der Waals surface area contributed by atoms with E-state index in [1.807, 2.05) is 42.7 Å². The maximum Gasteiger partial charge on any atom is 0.228 e. The third-order valence-corrected chi connectivity index (χ3v) is 2.46. The number of amides is 1. The van der Waals surface area contributed by atoms with Crippen LogP contribution >= 0.6 is 0 Å². The largest absolute Gasteiger partial charge is 0.367 e. The van der Waals surface area contributed by atoms with Gasteiger partial charge in [-0.15, -0.1) is 0 Å². The smallest absolute Gasteiger partial charge is 0.228 e. The monoisotopic (exact) mass is 226 g/mol. The van der Waals surface area contributed by atoms with Crippen molar-refractivity contribution in [3.63, 3.8) is 0 Å². The van der Waals surface area contributed by atoms with Crippen LogP contribution in [-0.4, -0.2) is 10.9 Å². The molecule has 0 aliphatic heterocycles. The van der Waals surface area contributed by atoms with E-state index in [4.69, 9.17) is 0 Å². The lowest BCUT2D eigenvalue weighted by Crippen LogP contribution is -2.13. The molecule has 1 aromatic heterocycles. The number of anilines is 1. The molecule has 0 spiro atoms. The first-order chi connectivity index (χ1) is 8.28. The third kappa shape index (κ3) is 3.08. The van der Waals surface area contributed by atoms with Gasteiger partial charge in [-0.1, -0.05) is 24.8 Å². The van der Waals surface area contributed by atoms with E-state index in [0.29, 0.717) is 6.42 Å². The molecule has 1 heterocycles. The minimum absolute atomic E-state index is 0.0176. The van der Waals surface area contributed by atoms with E-state index in [-0.39, 0.29) is 5.91 Å². The Bertz CT molecular complexity index is 498. The van der Waals surface area contributed by atoms with Gasteiger partial charge >= 0.3 is 0 Å². The highest BCUT2D eigenvalue weighted by atomic mass is 16.1. The molecule has 0 bridgehead atoms. The SMILES string of the molecule is C=Cc1ccc(NC(=O)Cc2cc[nH]c2)cc1. The van der Waals surface area contributed by atoms with E-state index in [1.54, 1.807) is 6.08 Å². The van der Waals surface area contributed by atoms with Crippen molar-refractivity contribution < 1.29 is 4.79 Å². The molecule has 17 heavy (non-hydrogen) atoms. The Morgan fingerprint density at radius 1 is 1.29 bits per heavy atom. The number of aromatic nitrogens is 1. The van der Waals surface area contributed by atoms with E-state index in [0.717, 1.165) is 16.8 Å². The first-order valence-electron chi connectivity index (χ1n) is 5.42. The molecular formula is C14H14N2O. The Labute approximate surface area is 100 Å². The van der Waals surface area contributed by atoms with Gasteiger partial charge in [-0.3, -0.25) is 4.79 Å². The maximum absolute atomic E-state index is 11.7. The maximum atomic E-state index is 11.7. The zero-order valence-corrected chi connectivity index (χ0v) is 9.44. The van der Waals surface area contributed by atoms with Gasteiger partial charge in [0.1, 0.15) is 0 Å². The summed E-state index contributed by atoms with van der Waals surface area (Å²) in [5, 5.41) is 2.84. The number of carbonyl (C=O) groups excluding carboxylic acids is 1. The summed E-state index contributed by atoms with van der Waals surface area (Å²) in [6.45, 7) is 3.68. The molecular weight excluding hydrogens is 212 g/mol. The second kappa shape index (κ2) is 5.16. The molecule has 0 unspecified atom stereocenters. The van der Waals surface area contributed by atoms with Gasteiger partial charge < -0.3 is 10.3 Å². The minimum atomic E-state index is -0.0176. The summed E-state index contributed by atoms with van der Waals surface area (Å²) in [5.41, 5.74) is 2.81. The topological polar surface area (TPSA) is 44.9 Å². The predicted molar refractivity (Wildman–Crippen MR) is 69.7 cm³/mol. The normalized spacial score (nSPS) is 9.88. The van der Waals surface area contributed by atoms with Gasteiger partial charge in [0.15, 0.2) is 0 Å². The molecule has 0 saturated carbocycles. The van der Waals surface area contributed by atoms with Crippen molar-refractivity contribution in [1.82, 2.24) is 4.98 Å². The summed E-state index contributed by atoms with van der Waals surface area (Å²) in [5.74, 6) is -0.0176. The van der Waals surface area contributed by atoms with Crippen molar-refractivity contribution in [3.05, 3.63) is 60.4 Å². The second-order valence-electron chi connectivity index (χ2n) is 3.77. The minimum Gasteiger partial charge on any atom is -0.367 e. The molecule has 2 N–H and O–H groups in total. The number of nitrogens with one attached hydrogen (secondary N) is 2. The summed E-state index contributed by atoms with van der Waals surface area (Å²) >= 11 is 0. The fourth-order valence-electron chi connectivity index (χ4n) is 1.56. The number of hydrogen-bond acceptors (Lipinski definition) is 1. The van der Waals surface area contributed by atoms with Crippen LogP contribution in [0.5, 0.6) is 0 Å². The zero-order valence-electron chi connectivity index (χ0n) is 9.44. The van der Waals surface area contributed by atoms with Crippen molar-refractivity contribution in [2.45, 2.75) is 6.42 Å². The predicted octanol–water partition coefficient (Wildman–Crippen LogP) is 2.84. The molecule has 0 aliphatic carbocycles. The Morgan fingerprint density at radius 3 is 2.65 bits per heavy atom. The summed E-state index contributed by atoms with van der Waals surface area (Å²) in [7, 11) is 0. The van der Waals surface area contributed by atoms with Crippen molar-refractivity contribution in [3.8, 4) is 0 Å². The second-order valence-corrected chi connectivity index (χ2v) is 3.77. The van der Waals surface area contributed by atoms with Crippen molar-refractivity contribution in [1.29, 1.82) is 0 Å². The first-order valence-corrected chi connectivity index (χ1v) is 5.42. The van der Waals surface area contributed by atoms with Crippen LogP contribution in [0.4, 0.5) is 5.69 Å². The average Bonchev–Trinajstić information content (AvgIpc) is 2.82. The lowest BCUT2D eigenvalue weighted by atomic mass is 10.2. The molecule has 3 heteroatoms. The van der Waals surface area contributed by atoms with Crippen molar-refractivity contribution in [2.24, 2.45) is 0 Å². The van der Waals surface area contributed by atoms with Gasteiger partial charge in [0, 0.05) is 18.1 Å². The Morgan fingerprint density at radius 2 is 2.06 bits per heavy atom. The number of rotatable bonds is 4. The van der Waals surface area contributed by atoms with Crippen LogP contribution in [0, 0.1) is 0 Å². The highest BCUT2D eigenvalue weighted by Gasteiger charge is 2.03. The van der Waals surface area contributed by atoms with Crippen molar-refractivity contribution in [2.75, 3.05) is 5.32 Å². The molecule has 0 saturated heterocycles. The van der Waals surface area contributed by atoms with Crippen LogP contribution in [0.1, 0.15) is 11.1 Å². The zero-order chi connectivity index (χ0) is 12.1. The lowest BCUT2D eigenvalue weighted by molar-refractivity contribution is -0.115.